The maximum atomic E-state index is 10.3. The van der Waals surface area contributed by atoms with Gasteiger partial charge in [-0.15, -0.1) is 0 Å². The van der Waals surface area contributed by atoms with Gasteiger partial charge in [-0.2, -0.15) is 0 Å². The molecule has 0 radical (unpaired) electrons. The molecule has 0 saturated heterocycles. The second-order valence-electron chi connectivity index (χ2n) is 11.5. The van der Waals surface area contributed by atoms with Crippen LogP contribution in [0.1, 0.15) is 207 Å². The normalized spacial score (nSPS) is 11.8. The number of carboxylic acids is 1. The first kappa shape index (κ1) is 38.6. The van der Waals surface area contributed by atoms with Gasteiger partial charge in [-0.3, -0.25) is 4.79 Å². The van der Waals surface area contributed by atoms with Gasteiger partial charge < -0.3 is 10.2 Å². The lowest BCUT2D eigenvalue weighted by molar-refractivity contribution is -0.137. The van der Waals surface area contributed by atoms with Crippen LogP contribution in [0.5, 0.6) is 0 Å². The van der Waals surface area contributed by atoms with E-state index in [4.69, 9.17) is 5.11 Å². The minimum atomic E-state index is -0.653. The van der Waals surface area contributed by atoms with Crippen LogP contribution < -0.4 is 0 Å². The highest BCUT2D eigenvalue weighted by molar-refractivity contribution is 5.66. The van der Waals surface area contributed by atoms with Crippen molar-refractivity contribution in [2.45, 2.75) is 213 Å². The van der Waals surface area contributed by atoms with Crippen molar-refractivity contribution >= 4 is 5.97 Å². The van der Waals surface area contributed by atoms with E-state index in [0.717, 1.165) is 25.7 Å². The molecule has 0 aliphatic heterocycles. The fourth-order valence-corrected chi connectivity index (χ4v) is 4.94. The van der Waals surface area contributed by atoms with E-state index < -0.39 is 5.97 Å². The largest absolute Gasteiger partial charge is 0.481 e. The number of aliphatic carboxylic acids is 1. The summed E-state index contributed by atoms with van der Waals surface area (Å²) in [6, 6.07) is 0. The molecule has 1 atom stereocenters. The van der Waals surface area contributed by atoms with E-state index in [1.807, 2.05) is 0 Å². The molecule has 0 aliphatic carbocycles. The van der Waals surface area contributed by atoms with Crippen molar-refractivity contribution in [1.82, 2.24) is 0 Å². The molecule has 224 valence electrons. The lowest BCUT2D eigenvalue weighted by Crippen LogP contribution is -2.05. The van der Waals surface area contributed by atoms with Gasteiger partial charge in [-0.05, 0) is 19.3 Å². The predicted molar refractivity (Wildman–Crippen MR) is 165 cm³/mol. The third kappa shape index (κ3) is 40.1. The Morgan fingerprint density at radius 2 is 0.676 bits per heavy atom. The molecule has 3 heteroatoms. The highest BCUT2D eigenvalue weighted by Gasteiger charge is 2.03. The van der Waals surface area contributed by atoms with Crippen molar-refractivity contribution in [3.05, 3.63) is 0 Å². The number of carboxylic acid groups (broad SMARTS) is 1. The number of rotatable bonds is 29. The van der Waals surface area contributed by atoms with Crippen molar-refractivity contribution in [2.75, 3.05) is 0 Å². The van der Waals surface area contributed by atoms with Gasteiger partial charge >= 0.3 is 5.97 Å². The molecule has 3 nitrogen and oxygen atoms in total. The van der Waals surface area contributed by atoms with Crippen molar-refractivity contribution in [1.29, 1.82) is 0 Å². The van der Waals surface area contributed by atoms with E-state index in [1.165, 1.54) is 154 Å². The average Bonchev–Trinajstić information content (AvgIpc) is 2.88. The maximum absolute atomic E-state index is 10.3. The van der Waals surface area contributed by atoms with Gasteiger partial charge in [0.2, 0.25) is 0 Å². The number of carbonyl (C=O) groups is 1. The summed E-state index contributed by atoms with van der Waals surface area (Å²) in [7, 11) is 0. The van der Waals surface area contributed by atoms with Gasteiger partial charge in [-0.1, -0.05) is 181 Å². The highest BCUT2D eigenvalue weighted by atomic mass is 16.4. The van der Waals surface area contributed by atoms with Crippen molar-refractivity contribution in [3.63, 3.8) is 0 Å². The molecule has 0 aliphatic rings. The van der Waals surface area contributed by atoms with Crippen LogP contribution in [0, 0.1) is 0 Å². The fourth-order valence-electron chi connectivity index (χ4n) is 4.94. The van der Waals surface area contributed by atoms with Gasteiger partial charge in [0.1, 0.15) is 0 Å². The molecule has 0 amide bonds. The summed E-state index contributed by atoms with van der Waals surface area (Å²) < 4.78 is 0. The van der Waals surface area contributed by atoms with Gasteiger partial charge in [0, 0.05) is 6.42 Å². The van der Waals surface area contributed by atoms with Crippen LogP contribution in [-0.2, 0) is 4.79 Å². The first-order valence-electron chi connectivity index (χ1n) is 17.0. The number of hydrogen-bond acceptors (Lipinski definition) is 2. The van der Waals surface area contributed by atoms with Crippen LogP contribution in [0.25, 0.3) is 0 Å². The van der Waals surface area contributed by atoms with Gasteiger partial charge in [0.15, 0.2) is 0 Å². The second kappa shape index (κ2) is 35.4. The molecule has 0 rings (SSSR count). The lowest BCUT2D eigenvalue weighted by atomic mass is 10.0. The number of aliphatic hydroxyl groups excluding tert-OH is 1. The van der Waals surface area contributed by atoms with Crippen LogP contribution in [-0.4, -0.2) is 22.3 Å². The topological polar surface area (TPSA) is 57.5 Å². The Morgan fingerprint density at radius 1 is 0.432 bits per heavy atom. The van der Waals surface area contributed by atoms with E-state index in [1.54, 1.807) is 0 Å². The number of unbranched alkanes of at least 4 members (excludes halogenated alkanes) is 23. The van der Waals surface area contributed by atoms with Gasteiger partial charge in [0.05, 0.1) is 6.10 Å². The first-order chi connectivity index (χ1) is 18.1. The molecule has 0 saturated carbocycles. The SMILES string of the molecule is CCCCCCCCCC(O)CCCCCC.CCCCCCCCCCCCCCCCCC(=O)O. The second-order valence-corrected chi connectivity index (χ2v) is 11.5. The van der Waals surface area contributed by atoms with E-state index in [9.17, 15) is 9.90 Å². The van der Waals surface area contributed by atoms with E-state index in [0.29, 0.717) is 6.42 Å². The summed E-state index contributed by atoms with van der Waals surface area (Å²) in [5, 5.41) is 18.3. The Kier molecular flexibility index (Phi) is 36.9. The Balaban J connectivity index is 0. The minimum Gasteiger partial charge on any atom is -0.481 e. The van der Waals surface area contributed by atoms with Crippen LogP contribution in [0.4, 0.5) is 0 Å². The monoisotopic (exact) mass is 527 g/mol. The van der Waals surface area contributed by atoms with E-state index in [-0.39, 0.29) is 6.10 Å². The quantitative estimate of drug-likeness (QED) is 0.0952. The highest BCUT2D eigenvalue weighted by Crippen LogP contribution is 2.15. The average molecular weight is 527 g/mol. The van der Waals surface area contributed by atoms with Crippen LogP contribution in [0.3, 0.4) is 0 Å². The molecule has 0 spiro atoms. The third-order valence-electron chi connectivity index (χ3n) is 7.53. The lowest BCUT2D eigenvalue weighted by Gasteiger charge is -2.09. The summed E-state index contributed by atoms with van der Waals surface area (Å²) >= 11 is 0. The fraction of sp³-hybridized carbons (Fsp3) is 0.971. The summed E-state index contributed by atoms with van der Waals surface area (Å²) in [5.41, 5.74) is 0. The number of aliphatic hydroxyl groups is 1. The summed E-state index contributed by atoms with van der Waals surface area (Å²) in [5.74, 6) is -0.653. The Hall–Kier alpha value is -0.570. The maximum Gasteiger partial charge on any atom is 0.303 e. The first-order valence-corrected chi connectivity index (χ1v) is 17.0. The van der Waals surface area contributed by atoms with E-state index in [2.05, 4.69) is 20.8 Å². The molecule has 0 aromatic rings. The van der Waals surface area contributed by atoms with Gasteiger partial charge in [-0.25, -0.2) is 0 Å². The van der Waals surface area contributed by atoms with Crippen molar-refractivity contribution in [3.8, 4) is 0 Å². The zero-order chi connectivity index (χ0) is 27.7. The zero-order valence-electron chi connectivity index (χ0n) is 25.9. The molecule has 2 N–H and O–H groups in total. The Morgan fingerprint density at radius 3 is 0.973 bits per heavy atom. The minimum absolute atomic E-state index is 0.0255. The standard InChI is InChI=1S/C18H36O2.C16H34O/c1-2-3-4-5-6-7-8-9-10-11-12-13-14-15-16-17-18(19)20;1-3-5-7-9-10-11-13-15-16(17)14-12-8-6-4-2/h2-17H2,1H3,(H,19,20);16-17H,3-15H2,1-2H3. The molecule has 37 heavy (non-hydrogen) atoms. The molecule has 0 fully saturated rings. The molecule has 0 aromatic carbocycles. The summed E-state index contributed by atoms with van der Waals surface area (Å²) in [6.07, 6.45) is 36.8. The Labute approximate surface area is 234 Å². The zero-order valence-corrected chi connectivity index (χ0v) is 25.9. The summed E-state index contributed by atoms with van der Waals surface area (Å²) in [6.45, 7) is 6.76. The van der Waals surface area contributed by atoms with Crippen LogP contribution in [0.2, 0.25) is 0 Å². The number of hydrogen-bond donors (Lipinski definition) is 2. The molecule has 0 aromatic heterocycles. The molecule has 0 heterocycles. The van der Waals surface area contributed by atoms with Gasteiger partial charge in [0.25, 0.3) is 0 Å². The smallest absolute Gasteiger partial charge is 0.303 e. The van der Waals surface area contributed by atoms with Crippen molar-refractivity contribution in [2.24, 2.45) is 0 Å². The van der Waals surface area contributed by atoms with Crippen LogP contribution >= 0.6 is 0 Å². The summed E-state index contributed by atoms with van der Waals surface area (Å²) in [4.78, 5) is 10.3. The Bertz CT molecular complexity index is 410. The van der Waals surface area contributed by atoms with E-state index >= 15 is 0 Å². The predicted octanol–water partition coefficient (Wildman–Crippen LogP) is 11.8. The molecular formula is C34H70O3. The third-order valence-corrected chi connectivity index (χ3v) is 7.53. The molecule has 1 unspecified atom stereocenters. The van der Waals surface area contributed by atoms with Crippen LogP contribution in [0.15, 0.2) is 0 Å². The molecule has 0 bridgehead atoms. The molecular weight excluding hydrogens is 456 g/mol. The van der Waals surface area contributed by atoms with Crippen molar-refractivity contribution < 1.29 is 15.0 Å².